The third kappa shape index (κ3) is 5.82. The van der Waals surface area contributed by atoms with Crippen molar-refractivity contribution in [3.63, 3.8) is 0 Å². The second kappa shape index (κ2) is 10.4. The largest absolute Gasteiger partial charge is 0.364 e. The van der Waals surface area contributed by atoms with Gasteiger partial charge in [-0.3, -0.25) is 4.79 Å². The van der Waals surface area contributed by atoms with E-state index in [0.29, 0.717) is 16.4 Å². The lowest BCUT2D eigenvalue weighted by Crippen LogP contribution is -2.20. The number of aliphatic imine (C=N–C) groups is 1. The Morgan fingerprint density at radius 1 is 1.03 bits per heavy atom. The number of amides is 1. The minimum Gasteiger partial charge on any atom is -0.364 e. The Balaban J connectivity index is 1.73. The molecule has 3 N–H and O–H groups in total. The van der Waals surface area contributed by atoms with Crippen molar-refractivity contribution in [1.82, 2.24) is 0 Å². The number of hydrogen-bond donors (Lipinski definition) is 3. The summed E-state index contributed by atoms with van der Waals surface area (Å²) in [6.07, 6.45) is 3.15. The van der Waals surface area contributed by atoms with Gasteiger partial charge in [0.1, 0.15) is 12.0 Å². The molecule has 0 spiro atoms. The molecule has 1 unspecified atom stereocenters. The number of aryl methyl sites for hydroxylation is 2. The first kappa shape index (κ1) is 22.6. The number of carbonyl (C=O) groups is 1. The van der Waals surface area contributed by atoms with E-state index in [4.69, 9.17) is 16.6 Å². The van der Waals surface area contributed by atoms with Gasteiger partial charge in [-0.1, -0.05) is 48.0 Å². The van der Waals surface area contributed by atoms with Crippen LogP contribution in [0.1, 0.15) is 35.3 Å². The standard InChI is InChI=1S/C27H27ClN4O/c1-3-25(28)26-30-18(2)29-22-11-7-8-19(16-22)12-13-20-17-23(31-26)14-15-24(20)27(33)32-21-9-5-4-6-10-21/h3-11,14-18,29H,12-13H2,1-2H3,(H,30,31)(H,32,33)/b25-3+. The number of carbonyl (C=O) groups excluding carboxylic acids is 1. The van der Waals surface area contributed by atoms with Crippen molar-refractivity contribution in [2.45, 2.75) is 32.9 Å². The first-order valence-electron chi connectivity index (χ1n) is 11.0. The molecule has 168 valence electrons. The zero-order chi connectivity index (χ0) is 23.2. The van der Waals surface area contributed by atoms with Crippen LogP contribution >= 0.6 is 11.6 Å². The van der Waals surface area contributed by atoms with Gasteiger partial charge in [-0.25, -0.2) is 4.99 Å². The van der Waals surface area contributed by atoms with Gasteiger partial charge in [-0.05, 0) is 80.3 Å². The maximum Gasteiger partial charge on any atom is 0.255 e. The van der Waals surface area contributed by atoms with Crippen molar-refractivity contribution in [2.75, 3.05) is 16.0 Å². The van der Waals surface area contributed by atoms with Crippen LogP contribution in [-0.4, -0.2) is 17.9 Å². The van der Waals surface area contributed by atoms with Gasteiger partial charge in [0.15, 0.2) is 0 Å². The molecule has 0 fully saturated rings. The number of hydrogen-bond acceptors (Lipinski definition) is 4. The first-order chi connectivity index (χ1) is 16.0. The van der Waals surface area contributed by atoms with Crippen molar-refractivity contribution in [1.29, 1.82) is 0 Å². The van der Waals surface area contributed by atoms with Gasteiger partial charge < -0.3 is 16.0 Å². The fourth-order valence-corrected chi connectivity index (χ4v) is 3.91. The summed E-state index contributed by atoms with van der Waals surface area (Å²) >= 11 is 6.46. The van der Waals surface area contributed by atoms with Crippen molar-refractivity contribution < 1.29 is 4.79 Å². The number of nitrogens with one attached hydrogen (secondary N) is 3. The van der Waals surface area contributed by atoms with Crippen LogP contribution < -0.4 is 16.0 Å². The van der Waals surface area contributed by atoms with Crippen LogP contribution in [0.5, 0.6) is 0 Å². The molecule has 0 radical (unpaired) electrons. The fourth-order valence-electron chi connectivity index (χ4n) is 3.81. The molecular formula is C27H27ClN4O. The maximum absolute atomic E-state index is 13.1. The molecule has 1 amide bonds. The molecule has 1 aliphatic rings. The van der Waals surface area contributed by atoms with Crippen LogP contribution in [0.4, 0.5) is 17.1 Å². The number of anilines is 3. The minimum atomic E-state index is -0.187. The number of halogens is 1. The van der Waals surface area contributed by atoms with Gasteiger partial charge >= 0.3 is 0 Å². The lowest BCUT2D eigenvalue weighted by atomic mass is 9.98. The monoisotopic (exact) mass is 458 g/mol. The van der Waals surface area contributed by atoms with Crippen molar-refractivity contribution in [3.05, 3.63) is 101 Å². The molecule has 0 aromatic heterocycles. The van der Waals surface area contributed by atoms with E-state index in [-0.39, 0.29) is 12.1 Å². The van der Waals surface area contributed by atoms with Crippen LogP contribution in [0.15, 0.2) is 88.9 Å². The zero-order valence-corrected chi connectivity index (χ0v) is 19.5. The number of benzene rings is 3. The number of nitrogens with zero attached hydrogens (tertiary/aromatic N) is 1. The summed E-state index contributed by atoms with van der Waals surface area (Å²) in [6, 6.07) is 23.5. The quantitative estimate of drug-likeness (QED) is 0.422. The van der Waals surface area contributed by atoms with E-state index in [1.165, 1.54) is 5.56 Å². The average Bonchev–Trinajstić information content (AvgIpc) is 2.82. The lowest BCUT2D eigenvalue weighted by Gasteiger charge is -2.16. The predicted octanol–water partition coefficient (Wildman–Crippen LogP) is 6.45. The lowest BCUT2D eigenvalue weighted by molar-refractivity contribution is 0.102. The van der Waals surface area contributed by atoms with Gasteiger partial charge in [0, 0.05) is 22.6 Å². The second-order valence-corrected chi connectivity index (χ2v) is 8.36. The van der Waals surface area contributed by atoms with Crippen LogP contribution in [0, 0.1) is 0 Å². The second-order valence-electron chi connectivity index (χ2n) is 7.95. The van der Waals surface area contributed by atoms with Crippen molar-refractivity contribution >= 4 is 40.4 Å². The molecule has 1 heterocycles. The Morgan fingerprint density at radius 3 is 2.64 bits per heavy atom. The Bertz CT molecular complexity index is 1200. The maximum atomic E-state index is 13.1. The molecule has 4 rings (SSSR count). The van der Waals surface area contributed by atoms with Crippen LogP contribution in [0.3, 0.4) is 0 Å². The summed E-state index contributed by atoms with van der Waals surface area (Å²) in [5.41, 5.74) is 5.39. The van der Waals surface area contributed by atoms with Gasteiger partial charge in [0.2, 0.25) is 0 Å². The third-order valence-corrected chi connectivity index (χ3v) is 5.83. The molecule has 33 heavy (non-hydrogen) atoms. The highest BCUT2D eigenvalue weighted by atomic mass is 35.5. The smallest absolute Gasteiger partial charge is 0.255 e. The average molecular weight is 459 g/mol. The Morgan fingerprint density at radius 2 is 1.85 bits per heavy atom. The van der Waals surface area contributed by atoms with Gasteiger partial charge in [-0.15, -0.1) is 0 Å². The molecule has 3 aromatic rings. The third-order valence-electron chi connectivity index (χ3n) is 5.43. The molecule has 0 aliphatic carbocycles. The minimum absolute atomic E-state index is 0.128. The van der Waals surface area contributed by atoms with Crippen LogP contribution in [-0.2, 0) is 12.8 Å². The molecule has 6 heteroatoms. The Labute approximate surface area is 199 Å². The van der Waals surface area contributed by atoms with E-state index < -0.39 is 0 Å². The highest BCUT2D eigenvalue weighted by Gasteiger charge is 2.15. The van der Waals surface area contributed by atoms with E-state index >= 15 is 0 Å². The van der Waals surface area contributed by atoms with Gasteiger partial charge in [-0.2, -0.15) is 0 Å². The van der Waals surface area contributed by atoms with E-state index in [1.54, 1.807) is 6.08 Å². The van der Waals surface area contributed by atoms with Crippen molar-refractivity contribution in [3.8, 4) is 0 Å². The Hall–Kier alpha value is -3.57. The van der Waals surface area contributed by atoms with Crippen LogP contribution in [0.25, 0.3) is 0 Å². The summed E-state index contributed by atoms with van der Waals surface area (Å²) in [5.74, 6) is 0.443. The number of amidine groups is 1. The summed E-state index contributed by atoms with van der Waals surface area (Å²) in [5, 5.41) is 10.3. The summed E-state index contributed by atoms with van der Waals surface area (Å²) < 4.78 is 0. The van der Waals surface area contributed by atoms with E-state index in [2.05, 4.69) is 28.1 Å². The van der Waals surface area contributed by atoms with Crippen LogP contribution in [0.2, 0.25) is 0 Å². The first-order valence-corrected chi connectivity index (χ1v) is 11.4. The molecule has 3 aromatic carbocycles. The Kier molecular flexibility index (Phi) is 7.10. The number of allylic oxidation sites excluding steroid dienone is 1. The van der Waals surface area contributed by atoms with E-state index in [9.17, 15) is 4.79 Å². The van der Waals surface area contributed by atoms with E-state index in [0.717, 1.165) is 35.5 Å². The number of rotatable bonds is 3. The summed E-state index contributed by atoms with van der Waals surface area (Å²) in [6.45, 7) is 3.86. The molecule has 0 saturated heterocycles. The SMILES string of the molecule is C/C=C(Cl)\C1=N/C(C)Nc2cccc(c2)CCc2cc(ccc2C(=O)Nc2ccccc2)N1. The van der Waals surface area contributed by atoms with Gasteiger partial charge in [0.25, 0.3) is 5.91 Å². The molecule has 4 bridgehead atoms. The highest BCUT2D eigenvalue weighted by molar-refractivity contribution is 6.45. The molecule has 1 aliphatic heterocycles. The fraction of sp³-hybridized carbons (Fsp3) is 0.185. The summed E-state index contributed by atoms with van der Waals surface area (Å²) in [4.78, 5) is 17.8. The zero-order valence-electron chi connectivity index (χ0n) is 18.7. The van der Waals surface area contributed by atoms with Gasteiger partial charge in [0.05, 0.1) is 5.03 Å². The number of fused-ring (bicyclic) bond motifs is 4. The molecular weight excluding hydrogens is 432 g/mol. The highest BCUT2D eigenvalue weighted by Crippen LogP contribution is 2.23. The topological polar surface area (TPSA) is 65.5 Å². The molecule has 5 nitrogen and oxygen atoms in total. The molecule has 0 saturated carbocycles. The molecule has 1 atom stereocenters. The normalized spacial score (nSPS) is 17.7. The summed E-state index contributed by atoms with van der Waals surface area (Å²) in [7, 11) is 0. The number of para-hydroxylation sites is 1. The predicted molar refractivity (Wildman–Crippen MR) is 138 cm³/mol. The van der Waals surface area contributed by atoms with Crippen molar-refractivity contribution in [2.24, 2.45) is 4.99 Å². The van der Waals surface area contributed by atoms with E-state index in [1.807, 2.05) is 74.5 Å².